The van der Waals surface area contributed by atoms with Crippen LogP contribution in [-0.2, 0) is 31.6 Å². The molecule has 1 aliphatic rings. The van der Waals surface area contributed by atoms with E-state index in [1.807, 2.05) is 0 Å². The minimum absolute atomic E-state index is 0.0787. The van der Waals surface area contributed by atoms with Gasteiger partial charge >= 0.3 is 23.5 Å². The molecule has 1 aromatic rings. The highest BCUT2D eigenvalue weighted by Gasteiger charge is 2.51. The molecule has 31 heavy (non-hydrogen) atoms. The molecule has 15 nitrogen and oxygen atoms in total. The SMILES string of the molecule is [C-]#[N+][C@@H]1C(O)[C@H](COP(=O)(O)OP(=O)(O)OP(=O)(O)O)O[C@@H]1n1cc(C)c(=S)[nH]c1=S. The highest BCUT2D eigenvalue weighted by molar-refractivity contribution is 7.72. The van der Waals surface area contributed by atoms with Gasteiger partial charge in [0.15, 0.2) is 10.9 Å². The Morgan fingerprint density at radius 3 is 2.39 bits per heavy atom. The topological polar surface area (TPSA) is 214 Å². The Balaban J connectivity index is 2.15. The molecule has 6 N–H and O–H groups in total. The summed E-state index contributed by atoms with van der Waals surface area (Å²) in [7, 11) is -16.6. The number of H-pyrrole nitrogens is 1. The van der Waals surface area contributed by atoms with Crippen LogP contribution in [0, 0.1) is 22.9 Å². The number of rotatable bonds is 8. The molecule has 0 saturated carbocycles. The smallest absolute Gasteiger partial charge is 0.382 e. The molecule has 174 valence electrons. The summed E-state index contributed by atoms with van der Waals surface area (Å²) in [5.41, 5.74) is 0.585. The van der Waals surface area contributed by atoms with Crippen molar-refractivity contribution in [2.24, 2.45) is 0 Å². The molecular formula is C11H16N3O12P3S2. The molecule has 0 amide bonds. The van der Waals surface area contributed by atoms with E-state index in [0.717, 1.165) is 0 Å². The Hall–Kier alpha value is -0.660. The van der Waals surface area contributed by atoms with Crippen LogP contribution in [0.1, 0.15) is 11.8 Å². The third-order valence-electron chi connectivity index (χ3n) is 3.72. The summed E-state index contributed by atoms with van der Waals surface area (Å²) in [4.78, 5) is 41.7. The van der Waals surface area contributed by atoms with E-state index in [4.69, 9.17) is 50.4 Å². The van der Waals surface area contributed by atoms with Gasteiger partial charge in [-0.15, -0.1) is 0 Å². The van der Waals surface area contributed by atoms with Crippen LogP contribution in [0.2, 0.25) is 0 Å². The Labute approximate surface area is 184 Å². The van der Waals surface area contributed by atoms with E-state index in [-0.39, 0.29) is 4.77 Å². The van der Waals surface area contributed by atoms with Crippen molar-refractivity contribution in [1.82, 2.24) is 9.55 Å². The molecule has 2 heterocycles. The molecule has 3 unspecified atom stereocenters. The highest BCUT2D eigenvalue weighted by atomic mass is 32.1. The molecule has 20 heteroatoms. The lowest BCUT2D eigenvalue weighted by molar-refractivity contribution is -0.0446. The monoisotopic (exact) mass is 539 g/mol. The van der Waals surface area contributed by atoms with Crippen LogP contribution >= 0.6 is 47.9 Å². The van der Waals surface area contributed by atoms with Gasteiger partial charge in [-0.1, -0.05) is 12.2 Å². The average Bonchev–Trinajstić information content (AvgIpc) is 2.88. The first-order chi connectivity index (χ1) is 14.1. The van der Waals surface area contributed by atoms with Gasteiger partial charge < -0.3 is 39.2 Å². The molecule has 0 bridgehead atoms. The van der Waals surface area contributed by atoms with Crippen LogP contribution in [-0.4, -0.2) is 59.1 Å². The summed E-state index contributed by atoms with van der Waals surface area (Å²) in [6, 6.07) is -1.22. The number of ether oxygens (including phenoxy) is 1. The van der Waals surface area contributed by atoms with Gasteiger partial charge in [0.25, 0.3) is 6.04 Å². The van der Waals surface area contributed by atoms with Crippen molar-refractivity contribution in [3.05, 3.63) is 32.6 Å². The van der Waals surface area contributed by atoms with Crippen molar-refractivity contribution >= 4 is 47.9 Å². The Morgan fingerprint density at radius 1 is 1.23 bits per heavy atom. The maximum Gasteiger partial charge on any atom is 0.490 e. The quantitative estimate of drug-likeness (QED) is 0.157. The standard InChI is InChI=1S/C11H16N3O12P3S2/c1-5-3-14(11(31)13-9(5)30)10-7(12-2)8(15)6(24-10)4-23-28(19,20)26-29(21,22)25-27(16,17)18/h3,6-8,10,15H,4H2,1H3,(H,19,20)(H,21,22)(H,13,30,31)(H2,16,17,18)/t6-,7+,8?,10-/m0/s1. The first-order valence-corrected chi connectivity index (χ1v) is 13.2. The lowest BCUT2D eigenvalue weighted by atomic mass is 10.1. The van der Waals surface area contributed by atoms with Crippen molar-refractivity contribution in [3.8, 4) is 0 Å². The molecule has 6 atom stereocenters. The number of nitrogens with one attached hydrogen (secondary N) is 1. The molecule has 1 aromatic heterocycles. The van der Waals surface area contributed by atoms with Crippen LogP contribution in [0.5, 0.6) is 0 Å². The number of phosphoric acid groups is 3. The number of hydrogen-bond acceptors (Lipinski definition) is 10. The fourth-order valence-corrected chi connectivity index (χ4v) is 5.99. The fourth-order valence-electron chi connectivity index (χ4n) is 2.48. The van der Waals surface area contributed by atoms with Crippen LogP contribution in [0.4, 0.5) is 0 Å². The van der Waals surface area contributed by atoms with Gasteiger partial charge in [-0.05, 0) is 19.1 Å². The molecular weight excluding hydrogens is 523 g/mol. The average molecular weight is 539 g/mol. The molecule has 0 aromatic carbocycles. The predicted molar refractivity (Wildman–Crippen MR) is 105 cm³/mol. The van der Waals surface area contributed by atoms with Gasteiger partial charge in [0.2, 0.25) is 6.23 Å². The summed E-state index contributed by atoms with van der Waals surface area (Å²) in [6.45, 7) is 8.05. The number of aromatic nitrogens is 2. The van der Waals surface area contributed by atoms with Crippen molar-refractivity contribution in [1.29, 1.82) is 0 Å². The van der Waals surface area contributed by atoms with E-state index in [1.165, 1.54) is 10.8 Å². The minimum atomic E-state index is -5.69. The normalized spacial score (nSPS) is 27.9. The zero-order chi connectivity index (χ0) is 23.8. The first kappa shape index (κ1) is 26.6. The minimum Gasteiger partial charge on any atom is -0.382 e. The van der Waals surface area contributed by atoms with Crippen LogP contribution < -0.4 is 0 Å². The second-order valence-corrected chi connectivity index (χ2v) is 11.3. The van der Waals surface area contributed by atoms with E-state index in [1.54, 1.807) is 6.92 Å². The second kappa shape index (κ2) is 9.68. The van der Waals surface area contributed by atoms with Gasteiger partial charge in [0.1, 0.15) is 10.7 Å². The Bertz CT molecular complexity index is 1140. The number of aromatic amines is 1. The summed E-state index contributed by atoms with van der Waals surface area (Å²) in [5.74, 6) is 0. The molecule has 0 aliphatic carbocycles. The molecule has 0 spiro atoms. The zero-order valence-electron chi connectivity index (χ0n) is 15.2. The largest absolute Gasteiger partial charge is 0.490 e. The Morgan fingerprint density at radius 2 is 1.84 bits per heavy atom. The zero-order valence-corrected chi connectivity index (χ0v) is 19.6. The summed E-state index contributed by atoms with van der Waals surface area (Å²) < 4.78 is 52.7. The van der Waals surface area contributed by atoms with E-state index >= 15 is 0 Å². The van der Waals surface area contributed by atoms with Crippen LogP contribution in [0.15, 0.2) is 6.20 Å². The maximum absolute atomic E-state index is 11.8. The first-order valence-electron chi connectivity index (χ1n) is 7.86. The van der Waals surface area contributed by atoms with Gasteiger partial charge in [-0.25, -0.2) is 20.3 Å². The van der Waals surface area contributed by atoms with E-state index in [0.29, 0.717) is 10.2 Å². The summed E-state index contributed by atoms with van der Waals surface area (Å²) in [6.07, 6.45) is -2.58. The number of aliphatic hydroxyl groups excluding tert-OH is 1. The molecule has 1 aliphatic heterocycles. The summed E-state index contributed by atoms with van der Waals surface area (Å²) in [5, 5.41) is 10.3. The number of nitrogens with zero attached hydrogens (tertiary/aromatic N) is 2. The van der Waals surface area contributed by atoms with E-state index < -0.39 is 54.6 Å². The van der Waals surface area contributed by atoms with Gasteiger partial charge in [0.05, 0.1) is 6.61 Å². The third kappa shape index (κ3) is 7.16. The lowest BCUT2D eigenvalue weighted by Crippen LogP contribution is -2.32. The molecule has 1 saturated heterocycles. The van der Waals surface area contributed by atoms with Crippen LogP contribution in [0.3, 0.4) is 0 Å². The number of hydrogen-bond donors (Lipinski definition) is 6. The molecule has 2 rings (SSSR count). The Kier molecular flexibility index (Phi) is 8.30. The summed E-state index contributed by atoms with van der Waals surface area (Å²) >= 11 is 10.2. The van der Waals surface area contributed by atoms with Crippen molar-refractivity contribution < 1.29 is 56.3 Å². The van der Waals surface area contributed by atoms with Gasteiger partial charge in [0, 0.05) is 11.8 Å². The third-order valence-corrected chi connectivity index (χ3v) is 8.26. The van der Waals surface area contributed by atoms with Crippen LogP contribution in [0.25, 0.3) is 4.85 Å². The van der Waals surface area contributed by atoms with Gasteiger partial charge in [-0.2, -0.15) is 8.62 Å². The molecule has 0 radical (unpaired) electrons. The number of phosphoric ester groups is 1. The van der Waals surface area contributed by atoms with E-state index in [2.05, 4.69) is 23.0 Å². The number of aryl methyl sites for hydroxylation is 1. The second-order valence-electron chi connectivity index (χ2n) is 6.04. The fraction of sp³-hybridized carbons (Fsp3) is 0.545. The van der Waals surface area contributed by atoms with Crippen molar-refractivity contribution in [2.75, 3.05) is 6.61 Å². The van der Waals surface area contributed by atoms with Gasteiger partial charge in [-0.3, -0.25) is 9.09 Å². The number of aliphatic hydroxyl groups is 1. The molecule has 1 fully saturated rings. The lowest BCUT2D eigenvalue weighted by Gasteiger charge is -2.19. The van der Waals surface area contributed by atoms with E-state index in [9.17, 15) is 23.7 Å². The van der Waals surface area contributed by atoms with Crippen molar-refractivity contribution in [3.63, 3.8) is 0 Å². The predicted octanol–water partition coefficient (Wildman–Crippen LogP) is 1.47. The highest BCUT2D eigenvalue weighted by Crippen LogP contribution is 2.66. The maximum atomic E-state index is 11.8. The van der Waals surface area contributed by atoms with Crippen molar-refractivity contribution in [2.45, 2.75) is 31.4 Å².